The number of carbonyl (C=O) groups excluding carboxylic acids is 1. The molecule has 2 heterocycles. The summed E-state index contributed by atoms with van der Waals surface area (Å²) in [6.07, 6.45) is 4.22. The number of carbonyl (C=O) groups is 1. The van der Waals surface area contributed by atoms with Crippen LogP contribution in [0, 0.1) is 5.41 Å². The standard InChI is InChI=1S/C12H18N2OS/c1-2-3-5-12(6-7-13-9-12)11(15)10-4-8-16-14-10/h4,8,13H,2-3,5-7,9H2,1H3. The third kappa shape index (κ3) is 2.18. The van der Waals surface area contributed by atoms with Crippen LogP contribution in [0.15, 0.2) is 11.4 Å². The average molecular weight is 238 g/mol. The van der Waals surface area contributed by atoms with Crippen molar-refractivity contribution in [3.63, 3.8) is 0 Å². The van der Waals surface area contributed by atoms with Gasteiger partial charge in [0, 0.05) is 17.3 Å². The van der Waals surface area contributed by atoms with Gasteiger partial charge in [0.1, 0.15) is 5.69 Å². The minimum absolute atomic E-state index is 0.177. The average Bonchev–Trinajstić information content (AvgIpc) is 2.97. The van der Waals surface area contributed by atoms with Crippen molar-refractivity contribution in [2.24, 2.45) is 5.41 Å². The van der Waals surface area contributed by atoms with Crippen LogP contribution in [0.2, 0.25) is 0 Å². The molecule has 1 aromatic heterocycles. The fourth-order valence-corrected chi connectivity index (χ4v) is 2.89. The van der Waals surface area contributed by atoms with E-state index in [4.69, 9.17) is 0 Å². The van der Waals surface area contributed by atoms with Crippen LogP contribution < -0.4 is 5.32 Å². The summed E-state index contributed by atoms with van der Waals surface area (Å²) in [4.78, 5) is 12.4. The molecule has 1 saturated heterocycles. The molecule has 0 spiro atoms. The molecule has 4 heteroatoms. The molecule has 0 aliphatic carbocycles. The van der Waals surface area contributed by atoms with E-state index in [-0.39, 0.29) is 11.2 Å². The normalized spacial score (nSPS) is 24.8. The fraction of sp³-hybridized carbons (Fsp3) is 0.667. The van der Waals surface area contributed by atoms with Gasteiger partial charge in [-0.1, -0.05) is 19.8 Å². The summed E-state index contributed by atoms with van der Waals surface area (Å²) in [5.41, 5.74) is 0.481. The van der Waals surface area contributed by atoms with E-state index >= 15 is 0 Å². The van der Waals surface area contributed by atoms with Crippen molar-refractivity contribution in [3.8, 4) is 0 Å². The van der Waals surface area contributed by atoms with Crippen LogP contribution in [0.25, 0.3) is 0 Å². The number of hydrogen-bond acceptors (Lipinski definition) is 4. The largest absolute Gasteiger partial charge is 0.316 e. The molecule has 1 aliphatic rings. The summed E-state index contributed by atoms with van der Waals surface area (Å²) < 4.78 is 4.18. The smallest absolute Gasteiger partial charge is 0.189 e. The van der Waals surface area contributed by atoms with Crippen molar-refractivity contribution >= 4 is 17.3 Å². The maximum Gasteiger partial charge on any atom is 0.189 e. The molecule has 1 atom stereocenters. The van der Waals surface area contributed by atoms with Gasteiger partial charge >= 0.3 is 0 Å². The Morgan fingerprint density at radius 3 is 3.12 bits per heavy atom. The molecule has 0 bridgehead atoms. The summed E-state index contributed by atoms with van der Waals surface area (Å²) in [6, 6.07) is 1.85. The molecular formula is C12H18N2OS. The summed E-state index contributed by atoms with van der Waals surface area (Å²) in [6.45, 7) is 3.95. The first-order valence-corrected chi connectivity index (χ1v) is 6.78. The minimum Gasteiger partial charge on any atom is -0.316 e. The SMILES string of the molecule is CCCCC1(C(=O)c2ccsn2)CCNC1. The van der Waals surface area contributed by atoms with Gasteiger partial charge in [0.25, 0.3) is 0 Å². The first-order chi connectivity index (χ1) is 7.78. The second-order valence-corrected chi connectivity index (χ2v) is 5.19. The molecule has 16 heavy (non-hydrogen) atoms. The summed E-state index contributed by atoms with van der Waals surface area (Å²) in [5.74, 6) is 0.243. The lowest BCUT2D eigenvalue weighted by Gasteiger charge is -2.25. The van der Waals surface area contributed by atoms with Crippen LogP contribution in [0.5, 0.6) is 0 Å². The van der Waals surface area contributed by atoms with Gasteiger partial charge in [-0.15, -0.1) is 0 Å². The Bertz CT molecular complexity index is 342. The van der Waals surface area contributed by atoms with Crippen molar-refractivity contribution in [2.75, 3.05) is 13.1 Å². The third-order valence-corrected chi connectivity index (χ3v) is 3.96. The Morgan fingerprint density at radius 2 is 2.56 bits per heavy atom. The Balaban J connectivity index is 2.15. The van der Waals surface area contributed by atoms with Crippen molar-refractivity contribution in [3.05, 3.63) is 17.1 Å². The summed E-state index contributed by atoms with van der Waals surface area (Å²) >= 11 is 1.36. The molecule has 0 radical (unpaired) electrons. The van der Waals surface area contributed by atoms with Gasteiger partial charge in [0.15, 0.2) is 5.78 Å². The van der Waals surface area contributed by atoms with E-state index in [1.807, 2.05) is 11.4 Å². The Morgan fingerprint density at radius 1 is 1.69 bits per heavy atom. The maximum absolute atomic E-state index is 12.4. The van der Waals surface area contributed by atoms with E-state index in [2.05, 4.69) is 16.6 Å². The van der Waals surface area contributed by atoms with Gasteiger partial charge in [-0.3, -0.25) is 4.79 Å². The van der Waals surface area contributed by atoms with Crippen molar-refractivity contribution in [2.45, 2.75) is 32.6 Å². The lowest BCUT2D eigenvalue weighted by molar-refractivity contribution is 0.0795. The van der Waals surface area contributed by atoms with Crippen LogP contribution in [0.4, 0.5) is 0 Å². The fourth-order valence-electron chi connectivity index (χ4n) is 2.38. The molecule has 0 amide bonds. The zero-order valence-corrected chi connectivity index (χ0v) is 10.5. The van der Waals surface area contributed by atoms with Crippen molar-refractivity contribution < 1.29 is 4.79 Å². The predicted octanol–water partition coefficient (Wildman–Crippen LogP) is 2.50. The second-order valence-electron chi connectivity index (χ2n) is 4.52. The number of hydrogen-bond donors (Lipinski definition) is 1. The molecule has 1 aromatic rings. The van der Waals surface area contributed by atoms with E-state index in [1.165, 1.54) is 11.5 Å². The lowest BCUT2D eigenvalue weighted by atomic mass is 9.77. The zero-order chi connectivity index (χ0) is 11.4. The summed E-state index contributed by atoms with van der Waals surface area (Å²) in [5, 5.41) is 5.20. The quantitative estimate of drug-likeness (QED) is 0.801. The van der Waals surface area contributed by atoms with Crippen LogP contribution in [0.1, 0.15) is 43.1 Å². The molecule has 0 aromatic carbocycles. The maximum atomic E-state index is 12.4. The van der Waals surface area contributed by atoms with Crippen LogP contribution >= 0.6 is 11.5 Å². The highest BCUT2D eigenvalue weighted by atomic mass is 32.1. The number of nitrogens with one attached hydrogen (secondary N) is 1. The van der Waals surface area contributed by atoms with Gasteiger partial charge in [-0.05, 0) is 37.0 Å². The number of rotatable bonds is 5. The number of ketones is 1. The van der Waals surface area contributed by atoms with Gasteiger partial charge in [0.2, 0.25) is 0 Å². The minimum atomic E-state index is -0.177. The van der Waals surface area contributed by atoms with Gasteiger partial charge in [0.05, 0.1) is 0 Å². The molecule has 3 nitrogen and oxygen atoms in total. The molecular weight excluding hydrogens is 220 g/mol. The monoisotopic (exact) mass is 238 g/mol. The van der Waals surface area contributed by atoms with E-state index < -0.39 is 0 Å². The third-order valence-electron chi connectivity index (χ3n) is 3.40. The summed E-state index contributed by atoms with van der Waals surface area (Å²) in [7, 11) is 0. The van der Waals surface area contributed by atoms with E-state index in [0.717, 1.165) is 38.8 Å². The molecule has 0 saturated carbocycles. The second kappa shape index (κ2) is 5.06. The van der Waals surface area contributed by atoms with Gasteiger partial charge < -0.3 is 5.32 Å². The van der Waals surface area contributed by atoms with Crippen molar-refractivity contribution in [1.29, 1.82) is 0 Å². The Kier molecular flexibility index (Phi) is 3.71. The lowest BCUT2D eigenvalue weighted by Crippen LogP contribution is -2.33. The van der Waals surface area contributed by atoms with Crippen molar-refractivity contribution in [1.82, 2.24) is 9.69 Å². The molecule has 1 unspecified atom stereocenters. The van der Waals surface area contributed by atoms with E-state index in [9.17, 15) is 4.79 Å². The topological polar surface area (TPSA) is 42.0 Å². The molecule has 2 rings (SSSR count). The highest BCUT2D eigenvalue weighted by molar-refractivity contribution is 7.03. The van der Waals surface area contributed by atoms with Crippen LogP contribution in [-0.2, 0) is 0 Å². The predicted molar refractivity (Wildman–Crippen MR) is 65.9 cm³/mol. The highest BCUT2D eigenvalue weighted by Gasteiger charge is 2.41. The Hall–Kier alpha value is -0.740. The number of aromatic nitrogens is 1. The zero-order valence-electron chi connectivity index (χ0n) is 9.66. The van der Waals surface area contributed by atoms with Gasteiger partial charge in [-0.25, -0.2) is 0 Å². The van der Waals surface area contributed by atoms with E-state index in [0.29, 0.717) is 5.69 Å². The van der Waals surface area contributed by atoms with Crippen LogP contribution in [-0.4, -0.2) is 23.2 Å². The molecule has 1 aliphatic heterocycles. The highest BCUT2D eigenvalue weighted by Crippen LogP contribution is 2.35. The Labute approximate surface area is 100 Å². The van der Waals surface area contributed by atoms with Gasteiger partial charge in [-0.2, -0.15) is 4.37 Å². The first-order valence-electron chi connectivity index (χ1n) is 5.94. The molecule has 1 fully saturated rings. The number of unbranched alkanes of at least 4 members (excludes halogenated alkanes) is 1. The molecule has 88 valence electrons. The number of Topliss-reactive ketones (excluding diaryl/α,β-unsaturated/α-hetero) is 1. The number of nitrogens with zero attached hydrogens (tertiary/aromatic N) is 1. The molecule has 1 N–H and O–H groups in total. The van der Waals surface area contributed by atoms with Crippen LogP contribution in [0.3, 0.4) is 0 Å². The first kappa shape index (κ1) is 11.7. The van der Waals surface area contributed by atoms with E-state index in [1.54, 1.807) is 0 Å².